The number of likely N-dealkylation sites (N-methyl/N-ethyl adjacent to an activating group) is 1. The van der Waals surface area contributed by atoms with Gasteiger partial charge in [0.1, 0.15) is 23.8 Å². The molecule has 21 heavy (non-hydrogen) atoms. The van der Waals surface area contributed by atoms with Crippen molar-refractivity contribution in [3.63, 3.8) is 0 Å². The first kappa shape index (κ1) is 15.6. The third-order valence-corrected chi connectivity index (χ3v) is 3.32. The minimum Gasteiger partial charge on any atom is -0.312 e. The highest BCUT2D eigenvalue weighted by atomic mass is 19.1. The zero-order valence-electron chi connectivity index (χ0n) is 12.5. The standard InChI is InChI=1S/C15H20F2N4/c1-10(2)8-21-14(19-9-20-21)7-13(18-3)15-11(16)5-4-6-12(15)17/h4-6,9-10,13,18H,7-8H2,1-3H3. The van der Waals surface area contributed by atoms with Crippen LogP contribution in [0.2, 0.25) is 0 Å². The lowest BCUT2D eigenvalue weighted by atomic mass is 10.0. The smallest absolute Gasteiger partial charge is 0.138 e. The van der Waals surface area contributed by atoms with Gasteiger partial charge < -0.3 is 5.32 Å². The second-order valence-electron chi connectivity index (χ2n) is 5.43. The largest absolute Gasteiger partial charge is 0.312 e. The van der Waals surface area contributed by atoms with Crippen molar-refractivity contribution in [2.45, 2.75) is 32.9 Å². The number of aromatic nitrogens is 3. The van der Waals surface area contributed by atoms with E-state index in [0.29, 0.717) is 18.2 Å². The highest BCUT2D eigenvalue weighted by Crippen LogP contribution is 2.23. The summed E-state index contributed by atoms with van der Waals surface area (Å²) in [4.78, 5) is 4.21. The Bertz CT molecular complexity index is 575. The molecule has 0 saturated carbocycles. The zero-order valence-corrected chi connectivity index (χ0v) is 12.5. The molecule has 2 aromatic rings. The average molecular weight is 294 g/mol. The van der Waals surface area contributed by atoms with Gasteiger partial charge >= 0.3 is 0 Å². The molecular formula is C15H20F2N4. The molecule has 0 bridgehead atoms. The molecule has 0 amide bonds. The number of hydrogen-bond donors (Lipinski definition) is 1. The molecule has 0 aliphatic carbocycles. The second kappa shape index (κ2) is 6.76. The monoisotopic (exact) mass is 294 g/mol. The first-order valence-electron chi connectivity index (χ1n) is 7.00. The van der Waals surface area contributed by atoms with Crippen LogP contribution in [0.1, 0.15) is 31.3 Å². The Morgan fingerprint density at radius 3 is 2.48 bits per heavy atom. The molecule has 1 aromatic carbocycles. The molecule has 1 unspecified atom stereocenters. The van der Waals surface area contributed by atoms with Gasteiger partial charge in [-0.2, -0.15) is 5.10 Å². The van der Waals surface area contributed by atoms with Crippen molar-refractivity contribution in [3.8, 4) is 0 Å². The van der Waals surface area contributed by atoms with Crippen LogP contribution in [0.3, 0.4) is 0 Å². The molecule has 0 fully saturated rings. The van der Waals surface area contributed by atoms with Gasteiger partial charge in [-0.1, -0.05) is 19.9 Å². The third kappa shape index (κ3) is 3.64. The molecule has 1 atom stereocenters. The lowest BCUT2D eigenvalue weighted by Crippen LogP contribution is -2.24. The Balaban J connectivity index is 2.26. The van der Waals surface area contributed by atoms with E-state index in [-0.39, 0.29) is 5.56 Å². The van der Waals surface area contributed by atoms with Crippen molar-refractivity contribution in [2.75, 3.05) is 7.05 Å². The SMILES string of the molecule is CNC(Cc1ncnn1CC(C)C)c1c(F)cccc1F. The summed E-state index contributed by atoms with van der Waals surface area (Å²) >= 11 is 0. The van der Waals surface area contributed by atoms with Gasteiger partial charge in [-0.3, -0.25) is 0 Å². The van der Waals surface area contributed by atoms with Crippen molar-refractivity contribution < 1.29 is 8.78 Å². The molecule has 0 radical (unpaired) electrons. The summed E-state index contributed by atoms with van der Waals surface area (Å²) < 4.78 is 29.6. The van der Waals surface area contributed by atoms with Crippen molar-refractivity contribution in [1.29, 1.82) is 0 Å². The molecule has 0 spiro atoms. The summed E-state index contributed by atoms with van der Waals surface area (Å²) in [5, 5.41) is 7.13. The first-order chi connectivity index (χ1) is 10.0. The van der Waals surface area contributed by atoms with Crippen LogP contribution < -0.4 is 5.32 Å². The maximum atomic E-state index is 13.9. The van der Waals surface area contributed by atoms with E-state index in [1.807, 2.05) is 0 Å². The Labute approximate surface area is 123 Å². The van der Waals surface area contributed by atoms with E-state index in [0.717, 1.165) is 6.54 Å². The number of nitrogens with one attached hydrogen (secondary N) is 1. The van der Waals surface area contributed by atoms with Crippen molar-refractivity contribution in [1.82, 2.24) is 20.1 Å². The predicted octanol–water partition coefficient (Wildman–Crippen LogP) is 2.72. The van der Waals surface area contributed by atoms with E-state index in [4.69, 9.17) is 0 Å². The molecule has 6 heteroatoms. The summed E-state index contributed by atoms with van der Waals surface area (Å²) in [5.74, 6) is 0.0305. The van der Waals surface area contributed by atoms with Crippen LogP contribution in [-0.2, 0) is 13.0 Å². The normalized spacial score (nSPS) is 12.9. The number of hydrogen-bond acceptors (Lipinski definition) is 3. The maximum absolute atomic E-state index is 13.9. The molecule has 1 heterocycles. The van der Waals surface area contributed by atoms with Crippen LogP contribution in [-0.4, -0.2) is 21.8 Å². The molecule has 1 aromatic heterocycles. The van der Waals surface area contributed by atoms with Crippen LogP contribution in [0.15, 0.2) is 24.5 Å². The van der Waals surface area contributed by atoms with E-state index in [1.165, 1.54) is 24.5 Å². The number of rotatable bonds is 6. The van der Waals surface area contributed by atoms with E-state index in [2.05, 4.69) is 29.2 Å². The van der Waals surface area contributed by atoms with E-state index >= 15 is 0 Å². The molecule has 0 saturated heterocycles. The van der Waals surface area contributed by atoms with Crippen LogP contribution in [0, 0.1) is 17.6 Å². The van der Waals surface area contributed by atoms with Crippen molar-refractivity contribution >= 4 is 0 Å². The Morgan fingerprint density at radius 2 is 1.90 bits per heavy atom. The van der Waals surface area contributed by atoms with Gasteiger partial charge in [-0.05, 0) is 25.1 Å². The first-order valence-corrected chi connectivity index (χ1v) is 7.00. The van der Waals surface area contributed by atoms with Crippen LogP contribution in [0.4, 0.5) is 8.78 Å². The quantitative estimate of drug-likeness (QED) is 0.891. The Morgan fingerprint density at radius 1 is 1.24 bits per heavy atom. The lowest BCUT2D eigenvalue weighted by Gasteiger charge is -2.18. The summed E-state index contributed by atoms with van der Waals surface area (Å²) in [6.45, 7) is 4.89. The maximum Gasteiger partial charge on any atom is 0.138 e. The van der Waals surface area contributed by atoms with E-state index < -0.39 is 17.7 Å². The number of nitrogens with zero attached hydrogens (tertiary/aromatic N) is 3. The molecule has 114 valence electrons. The van der Waals surface area contributed by atoms with Gasteiger partial charge in [-0.25, -0.2) is 18.4 Å². The van der Waals surface area contributed by atoms with Gasteiger partial charge in [0.05, 0.1) is 0 Å². The fourth-order valence-corrected chi connectivity index (χ4v) is 2.32. The summed E-state index contributed by atoms with van der Waals surface area (Å²) in [6, 6.07) is 3.41. The van der Waals surface area contributed by atoms with Gasteiger partial charge in [0.25, 0.3) is 0 Å². The van der Waals surface area contributed by atoms with Crippen molar-refractivity contribution in [2.24, 2.45) is 5.92 Å². The van der Waals surface area contributed by atoms with Crippen LogP contribution in [0.5, 0.6) is 0 Å². The number of benzene rings is 1. The molecule has 2 rings (SSSR count). The van der Waals surface area contributed by atoms with Gasteiger partial charge in [0, 0.05) is 24.6 Å². The minimum absolute atomic E-state index is 0.0408. The average Bonchev–Trinajstić information content (AvgIpc) is 2.83. The summed E-state index contributed by atoms with van der Waals surface area (Å²) in [6.07, 6.45) is 1.85. The summed E-state index contributed by atoms with van der Waals surface area (Å²) in [5.41, 5.74) is 0.0408. The van der Waals surface area contributed by atoms with Crippen molar-refractivity contribution in [3.05, 3.63) is 47.5 Å². The highest BCUT2D eigenvalue weighted by molar-refractivity contribution is 5.24. The van der Waals surface area contributed by atoms with E-state index in [9.17, 15) is 8.78 Å². The fourth-order valence-electron chi connectivity index (χ4n) is 2.32. The van der Waals surface area contributed by atoms with Crippen LogP contribution in [0.25, 0.3) is 0 Å². The number of halogens is 2. The molecule has 0 aliphatic heterocycles. The Kier molecular flexibility index (Phi) is 5.01. The predicted molar refractivity (Wildman–Crippen MR) is 76.7 cm³/mol. The molecule has 4 nitrogen and oxygen atoms in total. The molecule has 1 N–H and O–H groups in total. The highest BCUT2D eigenvalue weighted by Gasteiger charge is 2.21. The minimum atomic E-state index is -0.552. The lowest BCUT2D eigenvalue weighted by molar-refractivity contribution is 0.439. The zero-order chi connectivity index (χ0) is 15.4. The van der Waals surface area contributed by atoms with Gasteiger partial charge in [0.2, 0.25) is 0 Å². The summed E-state index contributed by atoms with van der Waals surface area (Å²) in [7, 11) is 1.68. The third-order valence-electron chi connectivity index (χ3n) is 3.32. The molecule has 0 aliphatic rings. The Hall–Kier alpha value is -1.82. The topological polar surface area (TPSA) is 42.7 Å². The van der Waals surface area contributed by atoms with Gasteiger partial charge in [0.15, 0.2) is 0 Å². The van der Waals surface area contributed by atoms with Gasteiger partial charge in [-0.15, -0.1) is 0 Å². The second-order valence-corrected chi connectivity index (χ2v) is 5.43. The van der Waals surface area contributed by atoms with E-state index in [1.54, 1.807) is 11.7 Å². The fraction of sp³-hybridized carbons (Fsp3) is 0.467. The van der Waals surface area contributed by atoms with Crippen LogP contribution >= 0.6 is 0 Å². The molecular weight excluding hydrogens is 274 g/mol.